The molecule has 6 heteroatoms. The van der Waals surface area contributed by atoms with Gasteiger partial charge in [0.25, 0.3) is 0 Å². The summed E-state index contributed by atoms with van der Waals surface area (Å²) in [7, 11) is -2.28. The molecule has 1 unspecified atom stereocenters. The van der Waals surface area contributed by atoms with Crippen molar-refractivity contribution >= 4 is 10.0 Å². The molecule has 0 saturated heterocycles. The van der Waals surface area contributed by atoms with Crippen molar-refractivity contribution in [3.63, 3.8) is 0 Å². The van der Waals surface area contributed by atoms with Crippen molar-refractivity contribution in [2.24, 2.45) is 5.73 Å². The van der Waals surface area contributed by atoms with E-state index in [9.17, 15) is 12.8 Å². The average molecular weight is 288 g/mol. The molecule has 0 aliphatic heterocycles. The van der Waals surface area contributed by atoms with Gasteiger partial charge in [-0.1, -0.05) is 13.0 Å². The molecule has 0 aliphatic rings. The number of hydrogen-bond donors (Lipinski definition) is 1. The van der Waals surface area contributed by atoms with Gasteiger partial charge in [0.1, 0.15) is 5.82 Å². The lowest BCUT2D eigenvalue weighted by Gasteiger charge is -2.36. The highest BCUT2D eigenvalue weighted by atomic mass is 32.2. The normalized spacial score (nSPS) is 15.5. The number of nitrogens with two attached hydrogens (primary N) is 1. The highest BCUT2D eigenvalue weighted by Gasteiger charge is 2.36. The summed E-state index contributed by atoms with van der Waals surface area (Å²) in [4.78, 5) is -0.0110. The molecule has 1 atom stereocenters. The van der Waals surface area contributed by atoms with Crippen LogP contribution in [0.4, 0.5) is 4.39 Å². The molecule has 2 N–H and O–H groups in total. The van der Waals surface area contributed by atoms with Gasteiger partial charge in [0.2, 0.25) is 10.0 Å². The van der Waals surface area contributed by atoms with Crippen LogP contribution < -0.4 is 5.73 Å². The largest absolute Gasteiger partial charge is 0.329 e. The Labute approximate surface area is 114 Å². The highest BCUT2D eigenvalue weighted by Crippen LogP contribution is 2.27. The maximum Gasteiger partial charge on any atom is 0.243 e. The van der Waals surface area contributed by atoms with Crippen LogP contribution in [0.1, 0.15) is 25.8 Å². The lowest BCUT2D eigenvalue weighted by atomic mass is 10.00. The molecule has 0 aliphatic carbocycles. The third kappa shape index (κ3) is 2.96. The van der Waals surface area contributed by atoms with Crippen LogP contribution in [0.2, 0.25) is 0 Å². The molecule has 19 heavy (non-hydrogen) atoms. The van der Waals surface area contributed by atoms with E-state index in [0.29, 0.717) is 12.0 Å². The van der Waals surface area contributed by atoms with Gasteiger partial charge in [-0.15, -0.1) is 0 Å². The standard InChI is InChI=1S/C13H21FN2O2S/c1-5-13(3,9-15)16(4)19(17,18)12-8-11(14)7-6-10(12)2/h6-8H,5,9,15H2,1-4H3. The molecule has 0 amide bonds. The summed E-state index contributed by atoms with van der Waals surface area (Å²) in [6.07, 6.45) is 0.577. The monoisotopic (exact) mass is 288 g/mol. The average Bonchev–Trinajstić information content (AvgIpc) is 2.39. The SMILES string of the molecule is CCC(C)(CN)N(C)S(=O)(=O)c1cc(F)ccc1C. The van der Waals surface area contributed by atoms with Crippen molar-refractivity contribution in [3.05, 3.63) is 29.6 Å². The molecule has 0 radical (unpaired) electrons. The van der Waals surface area contributed by atoms with Crippen LogP contribution in [0.15, 0.2) is 23.1 Å². The van der Waals surface area contributed by atoms with E-state index >= 15 is 0 Å². The summed E-state index contributed by atoms with van der Waals surface area (Å²) in [5.41, 5.74) is 5.52. The highest BCUT2D eigenvalue weighted by molar-refractivity contribution is 7.89. The number of halogens is 1. The fourth-order valence-electron chi connectivity index (χ4n) is 1.79. The smallest absolute Gasteiger partial charge is 0.243 e. The van der Waals surface area contributed by atoms with Gasteiger partial charge in [-0.25, -0.2) is 12.8 Å². The number of sulfonamides is 1. The number of likely N-dealkylation sites (N-methyl/N-ethyl adjacent to an activating group) is 1. The fourth-order valence-corrected chi connectivity index (χ4v) is 3.60. The summed E-state index contributed by atoms with van der Waals surface area (Å²) in [5.74, 6) is -0.566. The van der Waals surface area contributed by atoms with Crippen molar-refractivity contribution in [3.8, 4) is 0 Å². The topological polar surface area (TPSA) is 63.4 Å². The Hall–Kier alpha value is -0.980. The van der Waals surface area contributed by atoms with Gasteiger partial charge >= 0.3 is 0 Å². The molecular weight excluding hydrogens is 267 g/mol. The Bertz CT molecular complexity index is 554. The van der Waals surface area contributed by atoms with E-state index in [1.165, 1.54) is 23.5 Å². The zero-order chi connectivity index (χ0) is 14.8. The van der Waals surface area contributed by atoms with Crippen molar-refractivity contribution < 1.29 is 12.8 Å². The molecule has 1 aromatic carbocycles. The van der Waals surface area contributed by atoms with Crippen molar-refractivity contribution in [2.45, 2.75) is 37.6 Å². The van der Waals surface area contributed by atoms with E-state index in [0.717, 1.165) is 6.07 Å². The second-order valence-corrected chi connectivity index (χ2v) is 6.87. The van der Waals surface area contributed by atoms with Gasteiger partial charge in [-0.3, -0.25) is 0 Å². The van der Waals surface area contributed by atoms with Gasteiger partial charge in [-0.05, 0) is 38.0 Å². The predicted molar refractivity (Wildman–Crippen MR) is 73.8 cm³/mol. The number of rotatable bonds is 5. The summed E-state index contributed by atoms with van der Waals surface area (Å²) in [6, 6.07) is 3.76. The fraction of sp³-hybridized carbons (Fsp3) is 0.538. The van der Waals surface area contributed by atoms with E-state index < -0.39 is 21.4 Å². The first-order valence-electron chi connectivity index (χ1n) is 6.14. The van der Waals surface area contributed by atoms with E-state index in [4.69, 9.17) is 5.73 Å². The number of benzene rings is 1. The summed E-state index contributed by atoms with van der Waals surface area (Å²) in [6.45, 7) is 5.50. The maximum atomic E-state index is 13.3. The van der Waals surface area contributed by atoms with Gasteiger partial charge in [0, 0.05) is 19.1 Å². The van der Waals surface area contributed by atoms with Crippen LogP contribution in [0.5, 0.6) is 0 Å². The van der Waals surface area contributed by atoms with E-state index in [-0.39, 0.29) is 11.4 Å². The first kappa shape index (κ1) is 16.1. The molecule has 4 nitrogen and oxygen atoms in total. The first-order chi connectivity index (χ1) is 8.69. The van der Waals surface area contributed by atoms with Gasteiger partial charge in [-0.2, -0.15) is 4.31 Å². The van der Waals surface area contributed by atoms with Crippen LogP contribution >= 0.6 is 0 Å². The Kier molecular flexibility index (Phi) is 4.71. The minimum Gasteiger partial charge on any atom is -0.329 e. The summed E-state index contributed by atoms with van der Waals surface area (Å²) >= 11 is 0. The van der Waals surface area contributed by atoms with E-state index in [2.05, 4.69) is 0 Å². The second-order valence-electron chi connectivity index (χ2n) is 4.94. The Morgan fingerprint density at radius 2 is 2.00 bits per heavy atom. The van der Waals surface area contributed by atoms with Crippen LogP contribution in [-0.2, 0) is 10.0 Å². The predicted octanol–water partition coefficient (Wildman–Crippen LogP) is 1.88. The molecule has 1 rings (SSSR count). The zero-order valence-corrected chi connectivity index (χ0v) is 12.6. The third-order valence-electron chi connectivity index (χ3n) is 3.75. The Morgan fingerprint density at radius 1 is 1.42 bits per heavy atom. The van der Waals surface area contributed by atoms with Crippen LogP contribution in [-0.4, -0.2) is 31.9 Å². The number of hydrogen-bond acceptors (Lipinski definition) is 3. The lowest BCUT2D eigenvalue weighted by Crippen LogP contribution is -2.51. The van der Waals surface area contributed by atoms with Crippen molar-refractivity contribution in [2.75, 3.05) is 13.6 Å². The van der Waals surface area contributed by atoms with E-state index in [1.54, 1.807) is 13.8 Å². The zero-order valence-electron chi connectivity index (χ0n) is 11.8. The Morgan fingerprint density at radius 3 is 2.47 bits per heavy atom. The molecule has 0 spiro atoms. The van der Waals surface area contributed by atoms with Crippen molar-refractivity contribution in [1.29, 1.82) is 0 Å². The van der Waals surface area contributed by atoms with Crippen LogP contribution in [0.25, 0.3) is 0 Å². The number of aryl methyl sites for hydroxylation is 1. The summed E-state index contributed by atoms with van der Waals surface area (Å²) in [5, 5.41) is 0. The van der Waals surface area contributed by atoms with Gasteiger partial charge < -0.3 is 5.73 Å². The maximum absolute atomic E-state index is 13.3. The molecule has 1 aromatic rings. The number of nitrogens with zero attached hydrogens (tertiary/aromatic N) is 1. The molecule has 0 heterocycles. The molecule has 108 valence electrons. The minimum absolute atomic E-state index is 0.0110. The summed E-state index contributed by atoms with van der Waals surface area (Å²) < 4.78 is 39.7. The lowest BCUT2D eigenvalue weighted by molar-refractivity contribution is 0.240. The quantitative estimate of drug-likeness (QED) is 0.900. The molecule has 0 bridgehead atoms. The molecular formula is C13H21FN2O2S. The molecule has 0 aromatic heterocycles. The van der Waals surface area contributed by atoms with Gasteiger partial charge in [0.15, 0.2) is 0 Å². The first-order valence-corrected chi connectivity index (χ1v) is 7.58. The Balaban J connectivity index is 3.35. The minimum atomic E-state index is -3.76. The third-order valence-corrected chi connectivity index (χ3v) is 5.91. The molecule has 0 saturated carbocycles. The van der Waals surface area contributed by atoms with Crippen molar-refractivity contribution in [1.82, 2.24) is 4.31 Å². The van der Waals surface area contributed by atoms with Crippen LogP contribution in [0, 0.1) is 12.7 Å². The van der Waals surface area contributed by atoms with Crippen LogP contribution in [0.3, 0.4) is 0 Å². The second kappa shape index (κ2) is 5.56. The molecule has 0 fully saturated rings. The van der Waals surface area contributed by atoms with Gasteiger partial charge in [0.05, 0.1) is 4.90 Å². The van der Waals surface area contributed by atoms with E-state index in [1.807, 2.05) is 6.92 Å².